The summed E-state index contributed by atoms with van der Waals surface area (Å²) in [5.74, 6) is 0.826. The van der Waals surface area contributed by atoms with Crippen LogP contribution in [0.4, 0.5) is 0 Å². The third kappa shape index (κ3) is 3.05. The number of hydrogen-bond donors (Lipinski definition) is 1. The second-order valence-corrected chi connectivity index (χ2v) is 4.67. The molecule has 1 N–H and O–H groups in total. The Balaban J connectivity index is 1.97. The maximum absolute atomic E-state index is 5.22. The molecule has 2 rings (SSSR count). The minimum atomic E-state index is 0.627. The van der Waals surface area contributed by atoms with Crippen LogP contribution >= 0.6 is 22.6 Å². The normalized spacial score (nSPS) is 10.9. The lowest BCUT2D eigenvalue weighted by Crippen LogP contribution is -2.11. The molecule has 0 aliphatic rings. The zero-order valence-corrected chi connectivity index (χ0v) is 11.1. The smallest absolute Gasteiger partial charge is 0.158 e. The number of rotatable bonds is 5. The summed E-state index contributed by atoms with van der Waals surface area (Å²) < 4.78 is 8.17. The van der Waals surface area contributed by atoms with Crippen LogP contribution in [0, 0.1) is 3.57 Å². The summed E-state index contributed by atoms with van der Waals surface area (Å²) in [5, 5.41) is 11.4. The van der Waals surface area contributed by atoms with Gasteiger partial charge in [-0.05, 0) is 29.1 Å². The summed E-state index contributed by atoms with van der Waals surface area (Å²) in [5.41, 5.74) is 0.929. The minimum absolute atomic E-state index is 0.627. The van der Waals surface area contributed by atoms with Crippen molar-refractivity contribution in [3.8, 4) is 0 Å². The number of hydrogen-bond acceptors (Lipinski definition) is 4. The Labute approximate surface area is 107 Å². The van der Waals surface area contributed by atoms with Gasteiger partial charge in [0.25, 0.3) is 0 Å². The van der Waals surface area contributed by atoms with Crippen LogP contribution in [0.15, 0.2) is 23.0 Å². The van der Waals surface area contributed by atoms with Crippen LogP contribution in [-0.4, -0.2) is 21.5 Å². The molecular formula is C10H13IN4O. The van der Waals surface area contributed by atoms with E-state index in [1.54, 1.807) is 0 Å². The van der Waals surface area contributed by atoms with Crippen LogP contribution in [0.25, 0.3) is 0 Å². The first kappa shape index (κ1) is 11.6. The molecule has 6 heteroatoms. The monoisotopic (exact) mass is 332 g/mol. The summed E-state index contributed by atoms with van der Waals surface area (Å²) in [6.07, 6.45) is 3.78. The molecule has 2 aromatic rings. The van der Waals surface area contributed by atoms with Gasteiger partial charge >= 0.3 is 0 Å². The summed E-state index contributed by atoms with van der Waals surface area (Å²) in [4.78, 5) is 0. The maximum Gasteiger partial charge on any atom is 0.158 e. The molecule has 0 saturated heterocycles. The van der Waals surface area contributed by atoms with E-state index in [2.05, 4.69) is 45.1 Å². The van der Waals surface area contributed by atoms with Crippen LogP contribution in [0.2, 0.25) is 0 Å². The third-order valence-corrected chi connectivity index (χ3v) is 2.64. The van der Waals surface area contributed by atoms with E-state index in [9.17, 15) is 0 Å². The van der Waals surface area contributed by atoms with Crippen molar-refractivity contribution >= 4 is 22.6 Å². The van der Waals surface area contributed by atoms with Crippen molar-refractivity contribution in [2.24, 2.45) is 0 Å². The van der Waals surface area contributed by atoms with Crippen LogP contribution < -0.4 is 5.32 Å². The Kier molecular flexibility index (Phi) is 3.94. The molecular weight excluding hydrogens is 319 g/mol. The van der Waals surface area contributed by atoms with Crippen LogP contribution in [0.1, 0.15) is 18.4 Å². The Hall–Kier alpha value is -0.890. The molecule has 16 heavy (non-hydrogen) atoms. The lowest BCUT2D eigenvalue weighted by molar-refractivity contribution is 0.364. The van der Waals surface area contributed by atoms with E-state index in [-0.39, 0.29) is 0 Å². The van der Waals surface area contributed by atoms with Crippen molar-refractivity contribution in [3.05, 3.63) is 33.5 Å². The largest absolute Gasteiger partial charge is 0.359 e. The highest BCUT2D eigenvalue weighted by molar-refractivity contribution is 14.1. The van der Waals surface area contributed by atoms with E-state index >= 15 is 0 Å². The van der Waals surface area contributed by atoms with Gasteiger partial charge in [-0.15, -0.1) is 0 Å². The van der Waals surface area contributed by atoms with Gasteiger partial charge in [-0.25, -0.2) is 0 Å². The number of halogens is 1. The number of aromatic nitrogens is 3. The highest BCUT2D eigenvalue weighted by Gasteiger charge is 2.05. The molecule has 0 aliphatic carbocycles. The quantitative estimate of drug-likeness (QED) is 0.846. The van der Waals surface area contributed by atoms with E-state index in [1.165, 1.54) is 0 Å². The number of nitrogens with one attached hydrogen (secondary N) is 1. The van der Waals surface area contributed by atoms with E-state index in [4.69, 9.17) is 4.52 Å². The first-order valence-corrected chi connectivity index (χ1v) is 6.19. The molecule has 0 aliphatic heterocycles. The predicted molar refractivity (Wildman–Crippen MR) is 67.9 cm³/mol. The topological polar surface area (TPSA) is 55.9 Å². The van der Waals surface area contributed by atoms with Crippen molar-refractivity contribution in [2.75, 3.05) is 6.54 Å². The molecule has 0 aromatic carbocycles. The average Bonchev–Trinajstić information content (AvgIpc) is 2.86. The highest BCUT2D eigenvalue weighted by Crippen LogP contribution is 2.07. The predicted octanol–water partition coefficient (Wildman–Crippen LogP) is 1.63. The van der Waals surface area contributed by atoms with Crippen molar-refractivity contribution in [1.29, 1.82) is 0 Å². The van der Waals surface area contributed by atoms with Gasteiger partial charge in [0.05, 0.1) is 15.5 Å². The van der Waals surface area contributed by atoms with Gasteiger partial charge in [-0.3, -0.25) is 4.68 Å². The summed E-state index contributed by atoms with van der Waals surface area (Å²) >= 11 is 2.23. The molecule has 0 radical (unpaired) electrons. The van der Waals surface area contributed by atoms with Crippen molar-refractivity contribution in [2.45, 2.75) is 20.0 Å². The molecule has 0 saturated carbocycles. The Morgan fingerprint density at radius 1 is 1.56 bits per heavy atom. The van der Waals surface area contributed by atoms with Crippen LogP contribution in [-0.2, 0) is 13.1 Å². The second-order valence-electron chi connectivity index (χ2n) is 3.42. The molecule has 0 atom stereocenters. The zero-order valence-electron chi connectivity index (χ0n) is 8.98. The molecule has 86 valence electrons. The maximum atomic E-state index is 5.22. The molecule has 0 unspecified atom stereocenters. The second kappa shape index (κ2) is 5.44. The first-order valence-electron chi connectivity index (χ1n) is 5.11. The minimum Gasteiger partial charge on any atom is -0.359 e. The van der Waals surface area contributed by atoms with E-state index in [0.717, 1.165) is 28.1 Å². The van der Waals surface area contributed by atoms with Crippen LogP contribution in [0.5, 0.6) is 0 Å². The van der Waals surface area contributed by atoms with E-state index in [1.807, 2.05) is 23.1 Å². The van der Waals surface area contributed by atoms with Crippen molar-refractivity contribution < 1.29 is 4.52 Å². The van der Waals surface area contributed by atoms with Gasteiger partial charge in [-0.2, -0.15) is 5.10 Å². The fraction of sp³-hybridized carbons (Fsp3) is 0.400. The Morgan fingerprint density at radius 2 is 2.44 bits per heavy atom. The van der Waals surface area contributed by atoms with Crippen molar-refractivity contribution in [1.82, 2.24) is 20.3 Å². The lowest BCUT2D eigenvalue weighted by atomic mass is 10.3. The van der Waals surface area contributed by atoms with Gasteiger partial charge in [0, 0.05) is 18.8 Å². The molecule has 0 fully saturated rings. The van der Waals surface area contributed by atoms with Gasteiger partial charge in [0.15, 0.2) is 5.76 Å². The molecule has 5 nitrogen and oxygen atoms in total. The molecule has 0 amide bonds. The van der Waals surface area contributed by atoms with Crippen molar-refractivity contribution in [3.63, 3.8) is 0 Å². The number of nitrogens with zero attached hydrogens (tertiary/aromatic N) is 3. The Morgan fingerprint density at radius 3 is 3.12 bits per heavy atom. The molecule has 0 spiro atoms. The summed E-state index contributed by atoms with van der Waals surface area (Å²) in [7, 11) is 0. The highest BCUT2D eigenvalue weighted by atomic mass is 127. The van der Waals surface area contributed by atoms with E-state index < -0.39 is 0 Å². The fourth-order valence-corrected chi connectivity index (χ4v) is 1.80. The van der Waals surface area contributed by atoms with E-state index in [0.29, 0.717) is 6.54 Å². The third-order valence-electron chi connectivity index (χ3n) is 2.08. The van der Waals surface area contributed by atoms with Gasteiger partial charge in [0.2, 0.25) is 0 Å². The van der Waals surface area contributed by atoms with Gasteiger partial charge in [-0.1, -0.05) is 12.1 Å². The standard InChI is InChI=1S/C10H13IN4O/c1-2-12-5-9-3-10(16-14-9)7-15-6-8(11)4-13-15/h3-4,6,12H,2,5,7H2,1H3. The molecule has 2 heterocycles. The first-order chi connectivity index (χ1) is 7.78. The molecule has 2 aromatic heterocycles. The Bertz CT molecular complexity index is 451. The SMILES string of the molecule is CCNCc1cc(Cn2cc(I)cn2)on1. The lowest BCUT2D eigenvalue weighted by Gasteiger charge is -1.95. The zero-order chi connectivity index (χ0) is 11.4. The van der Waals surface area contributed by atoms with Gasteiger partial charge < -0.3 is 9.84 Å². The average molecular weight is 332 g/mol. The summed E-state index contributed by atoms with van der Waals surface area (Å²) in [6.45, 7) is 4.37. The molecule has 0 bridgehead atoms. The summed E-state index contributed by atoms with van der Waals surface area (Å²) in [6, 6.07) is 1.96. The van der Waals surface area contributed by atoms with Crippen LogP contribution in [0.3, 0.4) is 0 Å². The van der Waals surface area contributed by atoms with Gasteiger partial charge in [0.1, 0.15) is 6.54 Å². The fourth-order valence-electron chi connectivity index (χ4n) is 1.35.